The molecule has 3 rings (SSSR count). The fourth-order valence-corrected chi connectivity index (χ4v) is 2.42. The lowest BCUT2D eigenvalue weighted by molar-refractivity contribution is 0.180. The maximum absolute atomic E-state index is 3.43. The molecule has 3 aliphatic rings. The molecular weight excluding hydrogens is 248 g/mol. The van der Waals surface area contributed by atoms with Crippen molar-refractivity contribution in [3.05, 3.63) is 0 Å². The van der Waals surface area contributed by atoms with Crippen LogP contribution in [0.3, 0.4) is 0 Å². The number of nitrogens with one attached hydrogen (secondary N) is 2. The van der Waals surface area contributed by atoms with E-state index in [9.17, 15) is 0 Å². The summed E-state index contributed by atoms with van der Waals surface area (Å²) in [4.78, 5) is 4.83. The molecule has 0 atom stereocenters. The molecule has 0 aromatic carbocycles. The summed E-state index contributed by atoms with van der Waals surface area (Å²) in [7, 11) is 4.40. The highest BCUT2D eigenvalue weighted by molar-refractivity contribution is 5.06. The molecule has 1 aliphatic carbocycles. The molecule has 0 bridgehead atoms. The first-order valence-corrected chi connectivity index (χ1v) is 8.54. The van der Waals surface area contributed by atoms with Crippen LogP contribution in [-0.2, 0) is 0 Å². The third-order valence-electron chi connectivity index (χ3n) is 4.06. The van der Waals surface area contributed by atoms with Gasteiger partial charge in [-0.2, -0.15) is 0 Å². The largest absolute Gasteiger partial charge is 0.314 e. The molecule has 2 N–H and O–H groups in total. The van der Waals surface area contributed by atoms with Crippen LogP contribution < -0.4 is 10.6 Å². The Morgan fingerprint density at radius 2 is 1.25 bits per heavy atom. The highest BCUT2D eigenvalue weighted by Gasteiger charge is 2.47. The van der Waals surface area contributed by atoms with E-state index in [0.29, 0.717) is 5.54 Å². The first kappa shape index (κ1) is 19.8. The van der Waals surface area contributed by atoms with Crippen molar-refractivity contribution >= 4 is 0 Å². The van der Waals surface area contributed by atoms with Crippen molar-refractivity contribution in [2.45, 2.75) is 46.1 Å². The van der Waals surface area contributed by atoms with Gasteiger partial charge in [0.2, 0.25) is 0 Å². The Bertz CT molecular complexity index is 211. The van der Waals surface area contributed by atoms with Crippen molar-refractivity contribution in [1.82, 2.24) is 20.4 Å². The number of nitrogens with zero attached hydrogens (tertiary/aromatic N) is 2. The second-order valence-electron chi connectivity index (χ2n) is 5.38. The number of hydrogen-bond acceptors (Lipinski definition) is 4. The molecule has 1 spiro atoms. The van der Waals surface area contributed by atoms with E-state index in [1.54, 1.807) is 0 Å². The smallest absolute Gasteiger partial charge is 0.0332 e. The minimum atomic E-state index is 0.609. The minimum absolute atomic E-state index is 0.609. The van der Waals surface area contributed by atoms with Crippen molar-refractivity contribution in [1.29, 1.82) is 0 Å². The minimum Gasteiger partial charge on any atom is -0.314 e. The first-order chi connectivity index (χ1) is 9.73. The van der Waals surface area contributed by atoms with E-state index in [0.717, 1.165) is 13.1 Å². The van der Waals surface area contributed by atoms with Crippen LogP contribution in [0.25, 0.3) is 0 Å². The average molecular weight is 287 g/mol. The van der Waals surface area contributed by atoms with Crippen LogP contribution in [0.15, 0.2) is 0 Å². The molecule has 0 radical (unpaired) electrons. The van der Waals surface area contributed by atoms with Gasteiger partial charge in [-0.1, -0.05) is 27.7 Å². The number of piperazine rings is 2. The summed E-state index contributed by atoms with van der Waals surface area (Å²) in [6.45, 7) is 16.4. The molecular formula is C16H38N4. The van der Waals surface area contributed by atoms with E-state index in [2.05, 4.69) is 34.5 Å². The predicted octanol–water partition coefficient (Wildman–Crippen LogP) is 1.63. The molecule has 20 heavy (non-hydrogen) atoms. The third kappa shape index (κ3) is 7.02. The fraction of sp³-hybridized carbons (Fsp3) is 1.00. The van der Waals surface area contributed by atoms with Gasteiger partial charge in [-0.15, -0.1) is 0 Å². The quantitative estimate of drug-likeness (QED) is 0.708. The van der Waals surface area contributed by atoms with Gasteiger partial charge in [0.25, 0.3) is 0 Å². The molecule has 2 aliphatic heterocycles. The maximum atomic E-state index is 3.43. The Balaban J connectivity index is 0.000000296. The van der Waals surface area contributed by atoms with Gasteiger partial charge in [-0.25, -0.2) is 0 Å². The summed E-state index contributed by atoms with van der Waals surface area (Å²) in [6, 6.07) is 0. The highest BCUT2D eigenvalue weighted by Crippen LogP contribution is 2.40. The van der Waals surface area contributed by atoms with Crippen molar-refractivity contribution < 1.29 is 0 Å². The van der Waals surface area contributed by atoms with E-state index in [4.69, 9.17) is 0 Å². The summed E-state index contributed by atoms with van der Waals surface area (Å²) in [6.07, 6.45) is 2.83. The maximum Gasteiger partial charge on any atom is 0.0332 e. The zero-order valence-corrected chi connectivity index (χ0v) is 14.8. The van der Waals surface area contributed by atoms with Gasteiger partial charge < -0.3 is 15.5 Å². The fourth-order valence-electron chi connectivity index (χ4n) is 2.42. The van der Waals surface area contributed by atoms with Crippen molar-refractivity contribution in [2.75, 3.05) is 59.9 Å². The SMILES string of the molecule is CC.CC.CN1CCNCC1.CN1CCNCC12CC2. The van der Waals surface area contributed by atoms with Gasteiger partial charge in [0, 0.05) is 51.4 Å². The normalized spacial score (nSPS) is 24.3. The van der Waals surface area contributed by atoms with E-state index < -0.39 is 0 Å². The van der Waals surface area contributed by atoms with Gasteiger partial charge >= 0.3 is 0 Å². The Kier molecular flexibility index (Phi) is 11.4. The van der Waals surface area contributed by atoms with Crippen molar-refractivity contribution in [3.8, 4) is 0 Å². The summed E-state index contributed by atoms with van der Waals surface area (Å²) in [5.41, 5.74) is 0.609. The van der Waals surface area contributed by atoms with Gasteiger partial charge in [0.15, 0.2) is 0 Å². The molecule has 0 unspecified atom stereocenters. The Morgan fingerprint density at radius 3 is 1.55 bits per heavy atom. The number of hydrogen-bond donors (Lipinski definition) is 2. The standard InChI is InChI=1S/C7H14N2.C5H12N2.2C2H6/c1-9-5-4-8-6-7(9)2-3-7;1-7-4-2-6-3-5-7;2*1-2/h8H,2-6H2,1H3;6H,2-5H2,1H3;2*1-2H3. The van der Waals surface area contributed by atoms with Gasteiger partial charge in [0.1, 0.15) is 0 Å². The molecule has 2 saturated heterocycles. The molecule has 3 fully saturated rings. The highest BCUT2D eigenvalue weighted by atomic mass is 15.3. The molecule has 4 heteroatoms. The molecule has 0 aromatic rings. The van der Waals surface area contributed by atoms with E-state index in [1.807, 2.05) is 27.7 Å². The number of rotatable bonds is 0. The Hall–Kier alpha value is -0.160. The Morgan fingerprint density at radius 1 is 0.750 bits per heavy atom. The second kappa shape index (κ2) is 11.5. The van der Waals surface area contributed by atoms with Crippen molar-refractivity contribution in [2.24, 2.45) is 0 Å². The summed E-state index contributed by atoms with van der Waals surface area (Å²) in [5, 5.41) is 6.70. The molecule has 122 valence electrons. The molecule has 0 aromatic heterocycles. The molecule has 2 heterocycles. The van der Waals surface area contributed by atoms with Crippen LogP contribution in [0.1, 0.15) is 40.5 Å². The van der Waals surface area contributed by atoms with Crippen LogP contribution in [0.2, 0.25) is 0 Å². The zero-order chi connectivity index (χ0) is 15.4. The van der Waals surface area contributed by atoms with E-state index in [-0.39, 0.29) is 0 Å². The first-order valence-electron chi connectivity index (χ1n) is 8.54. The van der Waals surface area contributed by atoms with Crippen LogP contribution in [0.5, 0.6) is 0 Å². The average Bonchev–Trinajstić information content (AvgIpc) is 3.29. The van der Waals surface area contributed by atoms with E-state index in [1.165, 1.54) is 45.6 Å². The summed E-state index contributed by atoms with van der Waals surface area (Å²) >= 11 is 0. The van der Waals surface area contributed by atoms with Crippen LogP contribution in [-0.4, -0.2) is 75.2 Å². The lowest BCUT2D eigenvalue weighted by Gasteiger charge is -2.33. The lowest BCUT2D eigenvalue weighted by Crippen LogP contribution is -2.51. The topological polar surface area (TPSA) is 30.5 Å². The summed E-state index contributed by atoms with van der Waals surface area (Å²) < 4.78 is 0. The molecule has 1 saturated carbocycles. The second-order valence-corrected chi connectivity index (χ2v) is 5.38. The number of likely N-dealkylation sites (N-methyl/N-ethyl adjacent to an activating group) is 2. The Labute approximate surface area is 127 Å². The third-order valence-corrected chi connectivity index (χ3v) is 4.06. The molecule has 0 amide bonds. The van der Waals surface area contributed by atoms with Gasteiger partial charge in [-0.3, -0.25) is 4.90 Å². The van der Waals surface area contributed by atoms with Crippen LogP contribution in [0.4, 0.5) is 0 Å². The molecule has 4 nitrogen and oxygen atoms in total. The van der Waals surface area contributed by atoms with E-state index >= 15 is 0 Å². The van der Waals surface area contributed by atoms with Gasteiger partial charge in [0.05, 0.1) is 0 Å². The monoisotopic (exact) mass is 286 g/mol. The van der Waals surface area contributed by atoms with Crippen LogP contribution >= 0.6 is 0 Å². The summed E-state index contributed by atoms with van der Waals surface area (Å²) in [5.74, 6) is 0. The van der Waals surface area contributed by atoms with Crippen molar-refractivity contribution in [3.63, 3.8) is 0 Å². The van der Waals surface area contributed by atoms with Gasteiger partial charge in [-0.05, 0) is 26.9 Å². The van der Waals surface area contributed by atoms with Crippen LogP contribution in [0, 0.1) is 0 Å². The predicted molar refractivity (Wildman–Crippen MR) is 90.5 cm³/mol. The lowest BCUT2D eigenvalue weighted by atomic mass is 10.2. The zero-order valence-electron chi connectivity index (χ0n) is 14.8.